The van der Waals surface area contributed by atoms with Crippen LogP contribution in [0.3, 0.4) is 0 Å². The SMILES string of the molecule is C=C[C@@H]([C@H](O)CO)[C@H](O)CC/C(=C/c1cc(C)c(O)c(C)c1)c1ccccc1. The van der Waals surface area contributed by atoms with Crippen LogP contribution in [-0.4, -0.2) is 39.2 Å². The Morgan fingerprint density at radius 2 is 1.64 bits per heavy atom. The topological polar surface area (TPSA) is 80.9 Å². The van der Waals surface area contributed by atoms with Crippen molar-refractivity contribution >= 4 is 11.6 Å². The molecule has 0 aliphatic carbocycles. The third-order valence-corrected chi connectivity index (χ3v) is 5.06. The van der Waals surface area contributed by atoms with Gasteiger partial charge in [0.2, 0.25) is 0 Å². The molecule has 0 heterocycles. The first-order chi connectivity index (χ1) is 13.4. The van der Waals surface area contributed by atoms with Crippen LogP contribution in [0, 0.1) is 19.8 Å². The number of hydrogen-bond donors (Lipinski definition) is 4. The third-order valence-electron chi connectivity index (χ3n) is 5.06. The van der Waals surface area contributed by atoms with Gasteiger partial charge in [0.1, 0.15) is 5.75 Å². The third kappa shape index (κ3) is 5.55. The van der Waals surface area contributed by atoms with Gasteiger partial charge in [-0.3, -0.25) is 0 Å². The molecule has 0 amide bonds. The molecule has 3 atom stereocenters. The fraction of sp³-hybridized carbons (Fsp3) is 0.333. The summed E-state index contributed by atoms with van der Waals surface area (Å²) in [7, 11) is 0. The van der Waals surface area contributed by atoms with E-state index < -0.39 is 24.7 Å². The van der Waals surface area contributed by atoms with E-state index in [4.69, 9.17) is 5.11 Å². The van der Waals surface area contributed by atoms with Gasteiger partial charge in [-0.05, 0) is 66.6 Å². The summed E-state index contributed by atoms with van der Waals surface area (Å²) in [5.41, 5.74) is 4.71. The summed E-state index contributed by atoms with van der Waals surface area (Å²) in [5.74, 6) is -0.277. The summed E-state index contributed by atoms with van der Waals surface area (Å²) < 4.78 is 0. The van der Waals surface area contributed by atoms with Crippen LogP contribution in [0.4, 0.5) is 0 Å². The molecule has 0 aromatic heterocycles. The van der Waals surface area contributed by atoms with Crippen LogP contribution in [0.2, 0.25) is 0 Å². The Bertz CT molecular complexity index is 788. The van der Waals surface area contributed by atoms with Crippen LogP contribution in [0.1, 0.15) is 35.1 Å². The summed E-state index contributed by atoms with van der Waals surface area (Å²) in [6.45, 7) is 6.99. The van der Waals surface area contributed by atoms with E-state index in [0.29, 0.717) is 18.6 Å². The molecule has 0 spiro atoms. The van der Waals surface area contributed by atoms with Gasteiger partial charge in [-0.2, -0.15) is 0 Å². The monoisotopic (exact) mass is 382 g/mol. The first-order valence-electron chi connectivity index (χ1n) is 9.53. The van der Waals surface area contributed by atoms with Crippen LogP contribution >= 0.6 is 0 Å². The zero-order valence-electron chi connectivity index (χ0n) is 16.5. The number of benzene rings is 2. The van der Waals surface area contributed by atoms with E-state index in [0.717, 1.165) is 27.8 Å². The Balaban J connectivity index is 2.30. The Kier molecular flexibility index (Phi) is 8.00. The lowest BCUT2D eigenvalue weighted by molar-refractivity contribution is 0.00257. The lowest BCUT2D eigenvalue weighted by Crippen LogP contribution is -2.32. The molecule has 150 valence electrons. The standard InChI is InChI=1S/C24H30O4/c1-4-21(23(27)15-25)22(26)11-10-20(19-8-6-5-7-9-19)14-18-12-16(2)24(28)17(3)13-18/h4-9,12-14,21-23,25-28H,1,10-11,15H2,2-3H3/b20-14-/t21-,22-,23-/m1/s1. The maximum atomic E-state index is 10.5. The molecule has 0 unspecified atom stereocenters. The average Bonchev–Trinajstić information content (AvgIpc) is 2.70. The molecule has 4 nitrogen and oxygen atoms in total. The van der Waals surface area contributed by atoms with Gasteiger partial charge >= 0.3 is 0 Å². The van der Waals surface area contributed by atoms with Gasteiger partial charge in [0.05, 0.1) is 18.8 Å². The minimum absolute atomic E-state index is 0.306. The quantitative estimate of drug-likeness (QED) is 0.392. The summed E-state index contributed by atoms with van der Waals surface area (Å²) in [5, 5.41) is 39.6. The fourth-order valence-electron chi connectivity index (χ4n) is 3.41. The largest absolute Gasteiger partial charge is 0.507 e. The highest BCUT2D eigenvalue weighted by Gasteiger charge is 2.23. The van der Waals surface area contributed by atoms with Gasteiger partial charge in [0.25, 0.3) is 0 Å². The second-order valence-electron chi connectivity index (χ2n) is 7.21. The van der Waals surface area contributed by atoms with Crippen molar-refractivity contribution in [3.05, 3.63) is 77.4 Å². The number of aliphatic hydroxyl groups excluding tert-OH is 3. The van der Waals surface area contributed by atoms with Crippen LogP contribution in [0.15, 0.2) is 55.1 Å². The Morgan fingerprint density at radius 1 is 1.04 bits per heavy atom. The van der Waals surface area contributed by atoms with Crippen LogP contribution in [0.25, 0.3) is 11.6 Å². The van der Waals surface area contributed by atoms with E-state index in [1.54, 1.807) is 0 Å². The fourth-order valence-corrected chi connectivity index (χ4v) is 3.41. The van der Waals surface area contributed by atoms with Crippen LogP contribution in [-0.2, 0) is 0 Å². The molecular formula is C24H30O4. The molecule has 2 aromatic rings. The summed E-state index contributed by atoms with van der Waals surface area (Å²) >= 11 is 0. The Hall–Kier alpha value is -2.40. The molecule has 4 heteroatoms. The number of hydrogen-bond acceptors (Lipinski definition) is 4. The average molecular weight is 383 g/mol. The number of allylic oxidation sites excluding steroid dienone is 1. The second-order valence-corrected chi connectivity index (χ2v) is 7.21. The predicted molar refractivity (Wildman–Crippen MR) is 114 cm³/mol. The molecular weight excluding hydrogens is 352 g/mol. The van der Waals surface area contributed by atoms with Gasteiger partial charge in [-0.15, -0.1) is 6.58 Å². The van der Waals surface area contributed by atoms with Crippen molar-refractivity contribution in [3.63, 3.8) is 0 Å². The predicted octanol–water partition coefficient (Wildman–Crippen LogP) is 3.85. The highest BCUT2D eigenvalue weighted by molar-refractivity contribution is 5.82. The number of phenolic OH excluding ortho intramolecular Hbond substituents is 1. The number of aliphatic hydroxyl groups is 3. The van der Waals surface area contributed by atoms with Crippen molar-refractivity contribution in [2.75, 3.05) is 6.61 Å². The van der Waals surface area contributed by atoms with Crippen LogP contribution in [0.5, 0.6) is 5.75 Å². The van der Waals surface area contributed by atoms with E-state index in [1.165, 1.54) is 6.08 Å². The molecule has 4 N–H and O–H groups in total. The normalized spacial score (nSPS) is 15.1. The van der Waals surface area contributed by atoms with Crippen LogP contribution < -0.4 is 0 Å². The van der Waals surface area contributed by atoms with E-state index in [1.807, 2.05) is 56.3 Å². The molecule has 0 fully saturated rings. The molecule has 28 heavy (non-hydrogen) atoms. The smallest absolute Gasteiger partial charge is 0.121 e. The number of rotatable bonds is 9. The van der Waals surface area contributed by atoms with E-state index in [9.17, 15) is 15.3 Å². The molecule has 2 aromatic carbocycles. The first-order valence-corrected chi connectivity index (χ1v) is 9.53. The molecule has 0 saturated carbocycles. The highest BCUT2D eigenvalue weighted by Crippen LogP contribution is 2.29. The molecule has 0 bridgehead atoms. The molecule has 0 aliphatic rings. The van der Waals surface area contributed by atoms with Crippen molar-refractivity contribution < 1.29 is 20.4 Å². The maximum absolute atomic E-state index is 10.5. The van der Waals surface area contributed by atoms with Crippen molar-refractivity contribution in [3.8, 4) is 5.75 Å². The number of phenols is 1. The summed E-state index contributed by atoms with van der Waals surface area (Å²) in [4.78, 5) is 0. The molecule has 2 rings (SSSR count). The van der Waals surface area contributed by atoms with Crippen molar-refractivity contribution in [2.24, 2.45) is 5.92 Å². The molecule has 0 aliphatic heterocycles. The van der Waals surface area contributed by atoms with E-state index >= 15 is 0 Å². The first kappa shape index (κ1) is 21.9. The van der Waals surface area contributed by atoms with Gasteiger partial charge in [0.15, 0.2) is 0 Å². The van der Waals surface area contributed by atoms with Gasteiger partial charge in [-0.25, -0.2) is 0 Å². The van der Waals surface area contributed by atoms with Gasteiger partial charge in [-0.1, -0.05) is 42.5 Å². The lowest BCUT2D eigenvalue weighted by Gasteiger charge is -2.24. The molecule has 0 saturated heterocycles. The van der Waals surface area contributed by atoms with Crippen molar-refractivity contribution in [2.45, 2.75) is 38.9 Å². The second kappa shape index (κ2) is 10.2. The Morgan fingerprint density at radius 3 is 2.18 bits per heavy atom. The minimum Gasteiger partial charge on any atom is -0.507 e. The summed E-state index contributed by atoms with van der Waals surface area (Å²) in [6.07, 6.45) is 2.72. The highest BCUT2D eigenvalue weighted by atomic mass is 16.3. The van der Waals surface area contributed by atoms with E-state index in [-0.39, 0.29) is 0 Å². The number of aromatic hydroxyl groups is 1. The van der Waals surface area contributed by atoms with Gasteiger partial charge in [0, 0.05) is 5.92 Å². The summed E-state index contributed by atoms with van der Waals surface area (Å²) in [6, 6.07) is 13.8. The minimum atomic E-state index is -1.03. The Labute approximate surface area is 167 Å². The lowest BCUT2D eigenvalue weighted by atomic mass is 9.89. The zero-order chi connectivity index (χ0) is 20.7. The number of aryl methyl sites for hydroxylation is 2. The van der Waals surface area contributed by atoms with Crippen molar-refractivity contribution in [1.29, 1.82) is 0 Å². The van der Waals surface area contributed by atoms with Gasteiger partial charge < -0.3 is 20.4 Å². The van der Waals surface area contributed by atoms with E-state index in [2.05, 4.69) is 12.7 Å². The zero-order valence-corrected chi connectivity index (χ0v) is 16.5. The maximum Gasteiger partial charge on any atom is 0.121 e. The molecule has 0 radical (unpaired) electrons. The van der Waals surface area contributed by atoms with Crippen molar-refractivity contribution in [1.82, 2.24) is 0 Å².